The summed E-state index contributed by atoms with van der Waals surface area (Å²) in [6.07, 6.45) is -2.59. The van der Waals surface area contributed by atoms with E-state index in [4.69, 9.17) is 4.74 Å². The van der Waals surface area contributed by atoms with E-state index in [2.05, 4.69) is 26.3 Å². The zero-order chi connectivity index (χ0) is 14.5. The molecule has 1 rings (SSSR count). The van der Waals surface area contributed by atoms with Gasteiger partial charge in [0, 0.05) is 20.3 Å². The number of nitrogens with one attached hydrogen (secondary N) is 1. The van der Waals surface area contributed by atoms with Gasteiger partial charge in [-0.05, 0) is 22.4 Å². The molecule has 0 saturated heterocycles. The highest BCUT2D eigenvalue weighted by molar-refractivity contribution is 9.10. The van der Waals surface area contributed by atoms with Gasteiger partial charge in [0.25, 0.3) is 5.56 Å². The highest BCUT2D eigenvalue weighted by Gasteiger charge is 2.29. The number of ether oxygens (including phenoxy) is 1. The second-order valence-corrected chi connectivity index (χ2v) is 4.52. The Morgan fingerprint density at radius 1 is 1.53 bits per heavy atom. The van der Waals surface area contributed by atoms with E-state index in [0.717, 1.165) is 0 Å². The van der Waals surface area contributed by atoms with Gasteiger partial charge in [0.15, 0.2) is 0 Å². The first-order chi connectivity index (χ1) is 8.85. The number of hydrogen-bond donors (Lipinski definition) is 1. The third kappa shape index (κ3) is 5.19. The molecule has 108 valence electrons. The standard InChI is InChI=1S/C10H13BrF3N3O2/c1-19-4-2-3-15-7-5-16-17(6-10(12,13)14)9(18)8(7)11/h5,15H,2-4,6H2,1H3. The molecule has 0 unspecified atom stereocenters. The molecule has 1 N–H and O–H groups in total. The zero-order valence-corrected chi connectivity index (χ0v) is 11.7. The molecule has 9 heteroatoms. The lowest BCUT2D eigenvalue weighted by Crippen LogP contribution is -2.31. The Labute approximate surface area is 115 Å². The van der Waals surface area contributed by atoms with E-state index in [-0.39, 0.29) is 4.47 Å². The van der Waals surface area contributed by atoms with E-state index in [1.807, 2.05) is 0 Å². The van der Waals surface area contributed by atoms with Crippen LogP contribution in [0.3, 0.4) is 0 Å². The molecule has 1 heterocycles. The molecule has 0 bridgehead atoms. The lowest BCUT2D eigenvalue weighted by molar-refractivity contribution is -0.143. The summed E-state index contributed by atoms with van der Waals surface area (Å²) in [6, 6.07) is 0. The van der Waals surface area contributed by atoms with Gasteiger partial charge in [-0.25, -0.2) is 4.68 Å². The monoisotopic (exact) mass is 343 g/mol. The molecule has 0 aliphatic rings. The van der Waals surface area contributed by atoms with Crippen LogP contribution in [0.1, 0.15) is 6.42 Å². The highest BCUT2D eigenvalue weighted by atomic mass is 79.9. The zero-order valence-electron chi connectivity index (χ0n) is 10.1. The minimum atomic E-state index is -4.48. The van der Waals surface area contributed by atoms with Gasteiger partial charge in [-0.1, -0.05) is 0 Å². The second kappa shape index (κ2) is 6.90. The van der Waals surface area contributed by atoms with Crippen LogP contribution in [0, 0.1) is 0 Å². The van der Waals surface area contributed by atoms with Crippen LogP contribution >= 0.6 is 15.9 Å². The van der Waals surface area contributed by atoms with Gasteiger partial charge < -0.3 is 10.1 Å². The third-order valence-electron chi connectivity index (χ3n) is 2.15. The Kier molecular flexibility index (Phi) is 5.80. The van der Waals surface area contributed by atoms with Gasteiger partial charge in [0.05, 0.1) is 11.9 Å². The van der Waals surface area contributed by atoms with Crippen molar-refractivity contribution in [3.05, 3.63) is 21.0 Å². The van der Waals surface area contributed by atoms with E-state index in [1.54, 1.807) is 7.11 Å². The molecule has 1 aromatic heterocycles. The first kappa shape index (κ1) is 16.0. The summed E-state index contributed by atoms with van der Waals surface area (Å²) in [5, 5.41) is 6.38. The summed E-state index contributed by atoms with van der Waals surface area (Å²) in [7, 11) is 1.57. The molecular weight excluding hydrogens is 331 g/mol. The van der Waals surface area contributed by atoms with Crippen LogP contribution in [0.4, 0.5) is 18.9 Å². The number of alkyl halides is 3. The second-order valence-electron chi connectivity index (χ2n) is 3.72. The van der Waals surface area contributed by atoms with Crippen LogP contribution in [0.5, 0.6) is 0 Å². The van der Waals surface area contributed by atoms with Crippen LogP contribution in [0.2, 0.25) is 0 Å². The number of nitrogens with zero attached hydrogens (tertiary/aromatic N) is 2. The highest BCUT2D eigenvalue weighted by Crippen LogP contribution is 2.19. The molecule has 0 saturated carbocycles. The Balaban J connectivity index is 2.77. The molecule has 0 atom stereocenters. The van der Waals surface area contributed by atoms with Crippen molar-refractivity contribution in [2.75, 3.05) is 25.6 Å². The Hall–Kier alpha value is -1.09. The van der Waals surface area contributed by atoms with Gasteiger partial charge >= 0.3 is 6.18 Å². The van der Waals surface area contributed by atoms with Crippen molar-refractivity contribution < 1.29 is 17.9 Å². The van der Waals surface area contributed by atoms with Crippen LogP contribution < -0.4 is 10.9 Å². The fourth-order valence-electron chi connectivity index (χ4n) is 1.31. The number of aromatic nitrogens is 2. The quantitative estimate of drug-likeness (QED) is 0.803. The molecule has 0 aromatic carbocycles. The summed E-state index contributed by atoms with van der Waals surface area (Å²) >= 11 is 2.97. The molecular formula is C10H13BrF3N3O2. The predicted octanol–water partition coefficient (Wildman–Crippen LogP) is 2.02. The summed E-state index contributed by atoms with van der Waals surface area (Å²) in [4.78, 5) is 11.6. The molecule has 0 radical (unpaired) electrons. The van der Waals surface area contributed by atoms with E-state index in [0.29, 0.717) is 29.9 Å². The summed E-state index contributed by atoms with van der Waals surface area (Å²) in [6.45, 7) is -0.339. The van der Waals surface area contributed by atoms with Crippen molar-refractivity contribution in [2.24, 2.45) is 0 Å². The van der Waals surface area contributed by atoms with Crippen molar-refractivity contribution in [1.82, 2.24) is 9.78 Å². The van der Waals surface area contributed by atoms with E-state index >= 15 is 0 Å². The van der Waals surface area contributed by atoms with Crippen LogP contribution in [-0.2, 0) is 11.3 Å². The smallest absolute Gasteiger partial charge is 0.385 e. The first-order valence-corrected chi connectivity index (χ1v) is 6.19. The van der Waals surface area contributed by atoms with Crippen molar-refractivity contribution in [1.29, 1.82) is 0 Å². The molecule has 1 aromatic rings. The summed E-state index contributed by atoms with van der Waals surface area (Å²) in [5.41, 5.74) is -0.464. The minimum absolute atomic E-state index is 0.0316. The van der Waals surface area contributed by atoms with Crippen molar-refractivity contribution in [3.63, 3.8) is 0 Å². The Bertz CT molecular complexity index is 476. The number of methoxy groups -OCH3 is 1. The van der Waals surface area contributed by atoms with E-state index < -0.39 is 18.3 Å². The maximum absolute atomic E-state index is 12.2. The number of hydrogen-bond acceptors (Lipinski definition) is 4. The summed E-state index contributed by atoms with van der Waals surface area (Å²) in [5.74, 6) is 0. The van der Waals surface area contributed by atoms with Crippen LogP contribution in [0.15, 0.2) is 15.5 Å². The lowest BCUT2D eigenvalue weighted by atomic mass is 10.4. The molecule has 0 amide bonds. The maximum Gasteiger partial charge on any atom is 0.408 e. The van der Waals surface area contributed by atoms with Gasteiger partial charge in [-0.15, -0.1) is 0 Å². The fraction of sp³-hybridized carbons (Fsp3) is 0.600. The van der Waals surface area contributed by atoms with Crippen molar-refractivity contribution in [3.8, 4) is 0 Å². The van der Waals surface area contributed by atoms with Gasteiger partial charge in [0.2, 0.25) is 0 Å². The van der Waals surface area contributed by atoms with Crippen molar-refractivity contribution in [2.45, 2.75) is 19.1 Å². The van der Waals surface area contributed by atoms with Crippen LogP contribution in [0.25, 0.3) is 0 Å². The molecule has 0 spiro atoms. The largest absolute Gasteiger partial charge is 0.408 e. The molecule has 0 aliphatic heterocycles. The summed E-state index contributed by atoms with van der Waals surface area (Å²) < 4.78 is 41.8. The van der Waals surface area contributed by atoms with Gasteiger partial charge in [0.1, 0.15) is 11.0 Å². The lowest BCUT2D eigenvalue weighted by Gasteiger charge is -2.11. The third-order valence-corrected chi connectivity index (χ3v) is 2.92. The number of halogens is 4. The predicted molar refractivity (Wildman–Crippen MR) is 67.2 cm³/mol. The van der Waals surface area contributed by atoms with Gasteiger partial charge in [-0.2, -0.15) is 18.3 Å². The average Bonchev–Trinajstić information content (AvgIpc) is 2.31. The van der Waals surface area contributed by atoms with E-state index in [9.17, 15) is 18.0 Å². The SMILES string of the molecule is COCCCNc1cnn(CC(F)(F)F)c(=O)c1Br. The van der Waals surface area contributed by atoms with Crippen molar-refractivity contribution >= 4 is 21.6 Å². The average molecular weight is 344 g/mol. The fourth-order valence-corrected chi connectivity index (χ4v) is 1.76. The van der Waals surface area contributed by atoms with Crippen LogP contribution in [-0.4, -0.2) is 36.2 Å². The minimum Gasteiger partial charge on any atom is -0.385 e. The topological polar surface area (TPSA) is 56.1 Å². The number of anilines is 1. The number of rotatable bonds is 6. The molecule has 19 heavy (non-hydrogen) atoms. The Morgan fingerprint density at radius 3 is 2.79 bits per heavy atom. The maximum atomic E-state index is 12.2. The Morgan fingerprint density at radius 2 is 2.21 bits per heavy atom. The van der Waals surface area contributed by atoms with Gasteiger partial charge in [-0.3, -0.25) is 4.79 Å². The van der Waals surface area contributed by atoms with E-state index in [1.165, 1.54) is 6.20 Å². The normalized spacial score (nSPS) is 11.6. The molecule has 0 aliphatic carbocycles. The molecule has 0 fully saturated rings. The first-order valence-electron chi connectivity index (χ1n) is 5.40. The molecule has 5 nitrogen and oxygen atoms in total.